The van der Waals surface area contributed by atoms with Crippen LogP contribution >= 0.6 is 0 Å². The molecule has 0 saturated heterocycles. The average Bonchev–Trinajstić information content (AvgIpc) is 2.64. The van der Waals surface area contributed by atoms with E-state index in [4.69, 9.17) is 4.98 Å². The highest BCUT2D eigenvalue weighted by molar-refractivity contribution is 5.96. The fourth-order valence-electron chi connectivity index (χ4n) is 3.77. The van der Waals surface area contributed by atoms with Crippen LogP contribution in [0.25, 0.3) is 10.9 Å². The van der Waals surface area contributed by atoms with Gasteiger partial charge in [-0.15, -0.1) is 0 Å². The Bertz CT molecular complexity index is 746. The monoisotopic (exact) mass is 339 g/mol. The van der Waals surface area contributed by atoms with Crippen molar-refractivity contribution >= 4 is 28.3 Å². The third-order valence-electron chi connectivity index (χ3n) is 5.33. The van der Waals surface area contributed by atoms with Crippen LogP contribution in [-0.2, 0) is 4.79 Å². The number of nitrogens with zero attached hydrogens (tertiary/aromatic N) is 2. The van der Waals surface area contributed by atoms with Gasteiger partial charge in [-0.3, -0.25) is 4.79 Å². The van der Waals surface area contributed by atoms with Crippen LogP contribution < -0.4 is 10.2 Å². The zero-order valence-corrected chi connectivity index (χ0v) is 15.6. The summed E-state index contributed by atoms with van der Waals surface area (Å²) in [6.07, 6.45) is 5.65. The van der Waals surface area contributed by atoms with E-state index < -0.39 is 0 Å². The summed E-state index contributed by atoms with van der Waals surface area (Å²) < 4.78 is 0. The van der Waals surface area contributed by atoms with Gasteiger partial charge >= 0.3 is 0 Å². The van der Waals surface area contributed by atoms with Crippen molar-refractivity contribution in [2.75, 3.05) is 23.3 Å². The fraction of sp³-hybridized carbons (Fsp3) is 0.524. The van der Waals surface area contributed by atoms with Gasteiger partial charge in [0, 0.05) is 30.1 Å². The number of carbonyl (C=O) groups excluding carboxylic acids is 1. The number of hydrogen-bond acceptors (Lipinski definition) is 3. The predicted octanol–water partition coefficient (Wildman–Crippen LogP) is 4.91. The number of fused-ring (bicyclic) bond motifs is 1. The first-order chi connectivity index (χ1) is 12.1. The highest BCUT2D eigenvalue weighted by atomic mass is 16.1. The van der Waals surface area contributed by atoms with Gasteiger partial charge in [0.2, 0.25) is 5.91 Å². The first-order valence-corrected chi connectivity index (χ1v) is 9.59. The predicted molar refractivity (Wildman–Crippen MR) is 105 cm³/mol. The van der Waals surface area contributed by atoms with E-state index in [1.54, 1.807) is 0 Å². The minimum absolute atomic E-state index is 0.171. The Labute approximate surface area is 150 Å². The van der Waals surface area contributed by atoms with Crippen LogP contribution in [0.15, 0.2) is 24.3 Å². The molecule has 0 radical (unpaired) electrons. The van der Waals surface area contributed by atoms with Crippen molar-refractivity contribution in [2.24, 2.45) is 5.92 Å². The number of benzene rings is 1. The summed E-state index contributed by atoms with van der Waals surface area (Å²) in [5, 5.41) is 4.22. The Morgan fingerprint density at radius 3 is 2.56 bits per heavy atom. The first-order valence-electron chi connectivity index (χ1n) is 9.59. The lowest BCUT2D eigenvalue weighted by molar-refractivity contribution is -0.120. The number of nitrogens with one attached hydrogen (secondary N) is 1. The Morgan fingerprint density at radius 2 is 1.88 bits per heavy atom. The Kier molecular flexibility index (Phi) is 5.57. The van der Waals surface area contributed by atoms with Crippen molar-refractivity contribution in [1.29, 1.82) is 0 Å². The quantitative estimate of drug-likeness (QED) is 0.842. The zero-order chi connectivity index (χ0) is 17.8. The Balaban J connectivity index is 1.83. The van der Waals surface area contributed by atoms with Crippen LogP contribution in [0, 0.1) is 12.8 Å². The second-order valence-corrected chi connectivity index (χ2v) is 7.03. The summed E-state index contributed by atoms with van der Waals surface area (Å²) >= 11 is 0. The van der Waals surface area contributed by atoms with Gasteiger partial charge in [-0.25, -0.2) is 4.98 Å². The molecule has 1 aromatic heterocycles. The lowest BCUT2D eigenvalue weighted by Gasteiger charge is -2.22. The number of hydrogen-bond donors (Lipinski definition) is 1. The number of pyridine rings is 1. The second kappa shape index (κ2) is 7.85. The van der Waals surface area contributed by atoms with Crippen LogP contribution in [0.2, 0.25) is 0 Å². The van der Waals surface area contributed by atoms with Crippen molar-refractivity contribution < 1.29 is 4.79 Å². The molecule has 4 heteroatoms. The van der Waals surface area contributed by atoms with Crippen LogP contribution in [-0.4, -0.2) is 24.0 Å². The molecular weight excluding hydrogens is 310 g/mol. The van der Waals surface area contributed by atoms with Gasteiger partial charge < -0.3 is 10.2 Å². The summed E-state index contributed by atoms with van der Waals surface area (Å²) in [6.45, 7) is 8.31. The minimum Gasteiger partial charge on any atom is -0.357 e. The number of aromatic nitrogens is 1. The van der Waals surface area contributed by atoms with Gasteiger partial charge in [0.15, 0.2) is 0 Å². The molecule has 0 bridgehead atoms. The molecule has 0 spiro atoms. The van der Waals surface area contributed by atoms with E-state index in [2.05, 4.69) is 43.1 Å². The lowest BCUT2D eigenvalue weighted by atomic mass is 9.88. The van der Waals surface area contributed by atoms with E-state index in [0.717, 1.165) is 48.3 Å². The van der Waals surface area contributed by atoms with Crippen LogP contribution in [0.1, 0.15) is 51.5 Å². The molecule has 4 nitrogen and oxygen atoms in total. The van der Waals surface area contributed by atoms with Crippen LogP contribution in [0.4, 0.5) is 11.5 Å². The summed E-state index contributed by atoms with van der Waals surface area (Å²) in [5.41, 5.74) is 3.06. The molecule has 0 unspecified atom stereocenters. The van der Waals surface area contributed by atoms with Gasteiger partial charge in [-0.2, -0.15) is 0 Å². The second-order valence-electron chi connectivity index (χ2n) is 7.03. The van der Waals surface area contributed by atoms with Gasteiger partial charge in [0.1, 0.15) is 5.82 Å². The summed E-state index contributed by atoms with van der Waals surface area (Å²) in [6, 6.07) is 8.19. The standard InChI is InChI=1S/C21H29N3O/c1-4-24(5-2)20-13-15(3)18-14-17(11-12-19(18)23-20)22-21(25)16-9-7-6-8-10-16/h11-14,16H,4-10H2,1-3H3,(H,22,25). The summed E-state index contributed by atoms with van der Waals surface area (Å²) in [4.78, 5) is 19.5. The minimum atomic E-state index is 0.171. The molecule has 1 N–H and O–H groups in total. The highest BCUT2D eigenvalue weighted by Gasteiger charge is 2.21. The topological polar surface area (TPSA) is 45.2 Å². The number of rotatable bonds is 5. The SMILES string of the molecule is CCN(CC)c1cc(C)c2cc(NC(=O)C3CCCCC3)ccc2n1. The van der Waals surface area contributed by atoms with Gasteiger partial charge in [-0.05, 0) is 63.4 Å². The summed E-state index contributed by atoms with van der Waals surface area (Å²) in [7, 11) is 0. The number of aryl methyl sites for hydroxylation is 1. The smallest absolute Gasteiger partial charge is 0.227 e. The Morgan fingerprint density at radius 1 is 1.16 bits per heavy atom. The normalized spacial score (nSPS) is 15.3. The van der Waals surface area contributed by atoms with Crippen LogP contribution in [0.5, 0.6) is 0 Å². The van der Waals surface area contributed by atoms with Gasteiger partial charge in [0.25, 0.3) is 0 Å². The third kappa shape index (κ3) is 3.94. The van der Waals surface area contributed by atoms with Gasteiger partial charge in [-0.1, -0.05) is 19.3 Å². The molecule has 1 fully saturated rings. The molecule has 1 heterocycles. The molecule has 2 aromatic rings. The molecule has 0 aliphatic heterocycles. The lowest BCUT2D eigenvalue weighted by Crippen LogP contribution is -2.24. The van der Waals surface area contributed by atoms with E-state index in [1.807, 2.05) is 12.1 Å². The van der Waals surface area contributed by atoms with E-state index in [-0.39, 0.29) is 11.8 Å². The maximum Gasteiger partial charge on any atom is 0.227 e. The van der Waals surface area contributed by atoms with Crippen molar-refractivity contribution in [3.05, 3.63) is 29.8 Å². The molecule has 0 atom stereocenters. The fourth-order valence-corrected chi connectivity index (χ4v) is 3.77. The molecule has 1 amide bonds. The Hall–Kier alpha value is -2.10. The first kappa shape index (κ1) is 17.7. The highest BCUT2D eigenvalue weighted by Crippen LogP contribution is 2.28. The third-order valence-corrected chi connectivity index (χ3v) is 5.33. The molecule has 1 saturated carbocycles. The molecule has 25 heavy (non-hydrogen) atoms. The average molecular weight is 339 g/mol. The van der Waals surface area contributed by atoms with Crippen molar-refractivity contribution in [3.8, 4) is 0 Å². The van der Waals surface area contributed by atoms with Crippen LogP contribution in [0.3, 0.4) is 0 Å². The van der Waals surface area contributed by atoms with E-state index in [1.165, 1.54) is 24.8 Å². The van der Waals surface area contributed by atoms with E-state index in [0.29, 0.717) is 0 Å². The molecular formula is C21H29N3O. The largest absolute Gasteiger partial charge is 0.357 e. The molecule has 1 aliphatic rings. The van der Waals surface area contributed by atoms with E-state index >= 15 is 0 Å². The maximum absolute atomic E-state index is 12.5. The van der Waals surface area contributed by atoms with E-state index in [9.17, 15) is 4.79 Å². The van der Waals surface area contributed by atoms with Gasteiger partial charge in [0.05, 0.1) is 5.52 Å². The molecule has 134 valence electrons. The summed E-state index contributed by atoms with van der Waals surface area (Å²) in [5.74, 6) is 1.37. The van der Waals surface area contributed by atoms with Crippen molar-refractivity contribution in [2.45, 2.75) is 52.9 Å². The van der Waals surface area contributed by atoms with Crippen molar-refractivity contribution in [1.82, 2.24) is 4.98 Å². The zero-order valence-electron chi connectivity index (χ0n) is 15.6. The molecule has 1 aromatic carbocycles. The van der Waals surface area contributed by atoms with Crippen molar-refractivity contribution in [3.63, 3.8) is 0 Å². The molecule has 3 rings (SSSR count). The number of amides is 1. The molecule has 1 aliphatic carbocycles. The maximum atomic E-state index is 12.5. The number of anilines is 2. The number of carbonyl (C=O) groups is 1.